The fourth-order valence-corrected chi connectivity index (χ4v) is 1.72. The highest BCUT2D eigenvalue weighted by Gasteiger charge is 2.35. The van der Waals surface area contributed by atoms with Crippen LogP contribution < -0.4 is 5.32 Å². The van der Waals surface area contributed by atoms with Crippen molar-refractivity contribution >= 4 is 17.4 Å². The Kier molecular flexibility index (Phi) is 2.65. The number of amides is 1. The number of carbonyl (C=O) groups excluding carboxylic acids is 1. The summed E-state index contributed by atoms with van der Waals surface area (Å²) in [5.41, 5.74) is 0.574. The van der Waals surface area contributed by atoms with Gasteiger partial charge < -0.3 is 5.32 Å². The van der Waals surface area contributed by atoms with Crippen LogP contribution in [0, 0.1) is 17.0 Å². The second kappa shape index (κ2) is 3.90. The molecule has 0 aromatic heterocycles. The zero-order chi connectivity index (χ0) is 13.5. The average molecular weight is 247 g/mol. The first-order chi connectivity index (χ1) is 8.31. The maximum Gasteiger partial charge on any atom is 0.270 e. The fourth-order valence-electron chi connectivity index (χ4n) is 1.72. The lowest BCUT2D eigenvalue weighted by Crippen LogP contribution is -2.34. The normalized spacial score (nSPS) is 17.3. The molecule has 0 saturated heterocycles. The van der Waals surface area contributed by atoms with Gasteiger partial charge >= 0.3 is 0 Å². The third kappa shape index (κ3) is 1.97. The van der Waals surface area contributed by atoms with Crippen LogP contribution in [0.3, 0.4) is 0 Å². The van der Waals surface area contributed by atoms with Gasteiger partial charge in [-0.1, -0.05) is 6.07 Å². The van der Waals surface area contributed by atoms with Crippen molar-refractivity contribution in [2.75, 3.05) is 0 Å². The van der Waals surface area contributed by atoms with Gasteiger partial charge in [0.15, 0.2) is 0 Å². The van der Waals surface area contributed by atoms with Gasteiger partial charge in [0.05, 0.1) is 4.92 Å². The number of carbonyl (C=O) groups is 1. The first kappa shape index (κ1) is 12.2. The smallest absolute Gasteiger partial charge is 0.270 e. The van der Waals surface area contributed by atoms with Crippen LogP contribution in [-0.2, 0) is 4.79 Å². The van der Waals surface area contributed by atoms with Gasteiger partial charge in [-0.05, 0) is 26.3 Å². The van der Waals surface area contributed by atoms with Gasteiger partial charge in [0.2, 0.25) is 0 Å². The summed E-state index contributed by atoms with van der Waals surface area (Å²) in [7, 11) is 0. The third-order valence-corrected chi connectivity index (χ3v) is 2.87. The van der Waals surface area contributed by atoms with Crippen LogP contribution in [0.5, 0.6) is 0 Å². The van der Waals surface area contributed by atoms with Crippen LogP contribution in [-0.4, -0.2) is 22.2 Å². The minimum absolute atomic E-state index is 0.0164. The minimum Gasteiger partial charge on any atom is -0.308 e. The molecule has 0 spiro atoms. The molecule has 1 N–H and O–H groups in total. The molecule has 1 aliphatic heterocycles. The van der Waals surface area contributed by atoms with E-state index in [-0.39, 0.29) is 11.6 Å². The molecule has 0 aliphatic carbocycles. The molecule has 1 aliphatic rings. The Morgan fingerprint density at radius 1 is 1.39 bits per heavy atom. The number of aryl methyl sites for hydroxylation is 1. The Morgan fingerprint density at radius 3 is 2.56 bits per heavy atom. The molecule has 94 valence electrons. The monoisotopic (exact) mass is 247 g/mol. The number of hydrogen-bond donors (Lipinski definition) is 1. The lowest BCUT2D eigenvalue weighted by atomic mass is 10.1. The highest BCUT2D eigenvalue weighted by Crippen LogP contribution is 2.22. The predicted octanol–water partition coefficient (Wildman–Crippen LogP) is 1.56. The van der Waals surface area contributed by atoms with Crippen LogP contribution in [0.4, 0.5) is 5.69 Å². The maximum absolute atomic E-state index is 11.7. The molecule has 2 rings (SSSR count). The number of nitrogens with zero attached hydrogens (tertiary/aromatic N) is 2. The van der Waals surface area contributed by atoms with E-state index in [4.69, 9.17) is 0 Å². The van der Waals surface area contributed by atoms with E-state index in [9.17, 15) is 14.9 Å². The summed E-state index contributed by atoms with van der Waals surface area (Å²) in [6, 6.07) is 4.50. The van der Waals surface area contributed by atoms with Crippen LogP contribution in [0.1, 0.15) is 25.0 Å². The van der Waals surface area contributed by atoms with E-state index in [1.54, 1.807) is 19.9 Å². The number of hydrogen-bond acceptors (Lipinski definition) is 4. The van der Waals surface area contributed by atoms with E-state index in [1.165, 1.54) is 12.1 Å². The summed E-state index contributed by atoms with van der Waals surface area (Å²) in [5, 5.41) is 13.4. The zero-order valence-corrected chi connectivity index (χ0v) is 10.4. The Hall–Kier alpha value is -2.24. The first-order valence-corrected chi connectivity index (χ1v) is 5.48. The molecule has 0 atom stereocenters. The Labute approximate surface area is 104 Å². The van der Waals surface area contributed by atoms with Gasteiger partial charge in [-0.25, -0.2) is 0 Å². The van der Waals surface area contributed by atoms with Gasteiger partial charge in [0.1, 0.15) is 11.4 Å². The summed E-state index contributed by atoms with van der Waals surface area (Å²) in [4.78, 5) is 26.2. The van der Waals surface area contributed by atoms with E-state index in [2.05, 4.69) is 10.3 Å². The Bertz CT molecular complexity index is 576. The van der Waals surface area contributed by atoms with E-state index in [0.29, 0.717) is 11.4 Å². The summed E-state index contributed by atoms with van der Waals surface area (Å²) in [6.45, 7) is 5.21. The van der Waals surface area contributed by atoms with Gasteiger partial charge in [-0.15, -0.1) is 0 Å². The maximum atomic E-state index is 11.7. The third-order valence-electron chi connectivity index (χ3n) is 2.87. The molecule has 0 radical (unpaired) electrons. The number of benzene rings is 1. The lowest BCUT2D eigenvalue weighted by Gasteiger charge is -2.07. The second-order valence-corrected chi connectivity index (χ2v) is 4.73. The van der Waals surface area contributed by atoms with Crippen LogP contribution >= 0.6 is 0 Å². The van der Waals surface area contributed by atoms with E-state index >= 15 is 0 Å². The number of nitro groups is 1. The molecule has 1 amide bonds. The number of amidine groups is 1. The number of non-ortho nitro benzene ring substituents is 1. The summed E-state index contributed by atoms with van der Waals surface area (Å²) < 4.78 is 0. The standard InChI is InChI=1S/C12H13N3O3/c1-7-4-5-8(15(17)18)6-9(7)10-13-11(16)12(2,3)14-10/h4-6H,1-3H3,(H,13,14,16). The molecule has 6 nitrogen and oxygen atoms in total. The Balaban J connectivity index is 2.50. The average Bonchev–Trinajstić information content (AvgIpc) is 2.53. The number of aliphatic imine (C=N–C) groups is 1. The molecule has 1 aromatic rings. The van der Waals surface area contributed by atoms with Crippen molar-refractivity contribution in [1.29, 1.82) is 0 Å². The summed E-state index contributed by atoms with van der Waals surface area (Å²) in [5.74, 6) is 0.189. The van der Waals surface area contributed by atoms with Crippen LogP contribution in [0.2, 0.25) is 0 Å². The largest absolute Gasteiger partial charge is 0.308 e. The topological polar surface area (TPSA) is 84.6 Å². The van der Waals surface area contributed by atoms with Gasteiger partial charge in [-0.3, -0.25) is 19.9 Å². The quantitative estimate of drug-likeness (QED) is 0.635. The van der Waals surface area contributed by atoms with Crippen molar-refractivity contribution in [1.82, 2.24) is 5.32 Å². The lowest BCUT2D eigenvalue weighted by molar-refractivity contribution is -0.384. The van der Waals surface area contributed by atoms with E-state index in [0.717, 1.165) is 5.56 Å². The molecule has 0 bridgehead atoms. The molecule has 0 unspecified atom stereocenters. The van der Waals surface area contributed by atoms with Crippen molar-refractivity contribution in [2.45, 2.75) is 26.3 Å². The SMILES string of the molecule is Cc1ccc([N+](=O)[O-])cc1C1=NC(C)(C)C(=O)N1. The fraction of sp³-hybridized carbons (Fsp3) is 0.333. The van der Waals surface area contributed by atoms with Crippen molar-refractivity contribution < 1.29 is 9.72 Å². The molecule has 18 heavy (non-hydrogen) atoms. The van der Waals surface area contributed by atoms with Crippen molar-refractivity contribution in [2.24, 2.45) is 4.99 Å². The molecule has 6 heteroatoms. The number of nitrogens with one attached hydrogen (secondary N) is 1. The van der Waals surface area contributed by atoms with Crippen molar-refractivity contribution in [3.05, 3.63) is 39.4 Å². The zero-order valence-electron chi connectivity index (χ0n) is 10.4. The molecule has 1 heterocycles. The molecule has 0 fully saturated rings. The van der Waals surface area contributed by atoms with Crippen molar-refractivity contribution in [3.8, 4) is 0 Å². The van der Waals surface area contributed by atoms with E-state index < -0.39 is 10.5 Å². The minimum atomic E-state index is -0.827. The molecular weight excluding hydrogens is 234 g/mol. The summed E-state index contributed by atoms with van der Waals surface area (Å²) in [6.07, 6.45) is 0. The Morgan fingerprint density at radius 2 is 2.06 bits per heavy atom. The second-order valence-electron chi connectivity index (χ2n) is 4.73. The van der Waals surface area contributed by atoms with Gasteiger partial charge in [-0.2, -0.15) is 0 Å². The number of rotatable bonds is 2. The highest BCUT2D eigenvalue weighted by atomic mass is 16.6. The predicted molar refractivity (Wildman–Crippen MR) is 66.6 cm³/mol. The van der Waals surface area contributed by atoms with Crippen LogP contribution in [0.15, 0.2) is 23.2 Å². The molecular formula is C12H13N3O3. The van der Waals surface area contributed by atoms with E-state index in [1.807, 2.05) is 6.92 Å². The first-order valence-electron chi connectivity index (χ1n) is 5.48. The van der Waals surface area contributed by atoms with Gasteiger partial charge in [0.25, 0.3) is 11.6 Å². The van der Waals surface area contributed by atoms with Gasteiger partial charge in [0, 0.05) is 17.7 Å². The highest BCUT2D eigenvalue weighted by molar-refractivity contribution is 6.15. The van der Waals surface area contributed by atoms with Crippen molar-refractivity contribution in [3.63, 3.8) is 0 Å². The molecule has 0 saturated carbocycles. The van der Waals surface area contributed by atoms with Crippen LogP contribution in [0.25, 0.3) is 0 Å². The molecule has 1 aromatic carbocycles. The summed E-state index contributed by atoms with van der Waals surface area (Å²) >= 11 is 0. The number of nitro benzene ring substituents is 1.